The number of hydrogen-bond donors (Lipinski definition) is 2. The van der Waals surface area contributed by atoms with Crippen molar-refractivity contribution in [2.45, 2.75) is 11.8 Å². The zero-order valence-electron chi connectivity index (χ0n) is 11.8. The van der Waals surface area contributed by atoms with Crippen LogP contribution in [0.4, 0.5) is 5.69 Å². The quantitative estimate of drug-likeness (QED) is 0.702. The highest BCUT2D eigenvalue weighted by Crippen LogP contribution is 2.26. The van der Waals surface area contributed by atoms with Crippen molar-refractivity contribution in [1.29, 1.82) is 0 Å². The standard InChI is InChI=1S/C12H20BrN3O2S.ClH/c1-4-14-7-8-15-19(17,18)12-9-10(16(2)3)5-6-11(12)13;/h5-6,9,14-15H,4,7-8H2,1-3H3;1H. The molecule has 8 heteroatoms. The maximum atomic E-state index is 12.2. The Bertz CT molecular complexity index is 523. The average Bonchev–Trinajstić information content (AvgIpc) is 2.34. The van der Waals surface area contributed by atoms with Crippen LogP contribution in [-0.2, 0) is 10.0 Å². The highest BCUT2D eigenvalue weighted by molar-refractivity contribution is 9.10. The first-order valence-electron chi connectivity index (χ1n) is 6.05. The molecule has 0 aliphatic rings. The molecule has 20 heavy (non-hydrogen) atoms. The van der Waals surface area contributed by atoms with E-state index < -0.39 is 10.0 Å². The van der Waals surface area contributed by atoms with Crippen LogP contribution in [0.1, 0.15) is 6.92 Å². The zero-order chi connectivity index (χ0) is 14.5. The summed E-state index contributed by atoms with van der Waals surface area (Å²) in [6, 6.07) is 5.26. The lowest BCUT2D eigenvalue weighted by molar-refractivity contribution is 0.577. The van der Waals surface area contributed by atoms with Crippen molar-refractivity contribution in [2.75, 3.05) is 38.6 Å². The van der Waals surface area contributed by atoms with Crippen molar-refractivity contribution in [3.63, 3.8) is 0 Å². The van der Waals surface area contributed by atoms with E-state index in [4.69, 9.17) is 0 Å². The van der Waals surface area contributed by atoms with Gasteiger partial charge in [-0.05, 0) is 40.7 Å². The van der Waals surface area contributed by atoms with E-state index in [0.717, 1.165) is 12.2 Å². The van der Waals surface area contributed by atoms with E-state index in [1.54, 1.807) is 12.1 Å². The SMILES string of the molecule is CCNCCNS(=O)(=O)c1cc(N(C)C)ccc1Br.Cl. The number of sulfonamides is 1. The van der Waals surface area contributed by atoms with Gasteiger partial charge < -0.3 is 10.2 Å². The van der Waals surface area contributed by atoms with Gasteiger partial charge in [0.15, 0.2) is 0 Å². The van der Waals surface area contributed by atoms with Gasteiger partial charge in [0, 0.05) is 37.3 Å². The molecule has 0 spiro atoms. The van der Waals surface area contributed by atoms with Gasteiger partial charge in [-0.1, -0.05) is 6.92 Å². The van der Waals surface area contributed by atoms with E-state index >= 15 is 0 Å². The summed E-state index contributed by atoms with van der Waals surface area (Å²) < 4.78 is 27.5. The van der Waals surface area contributed by atoms with E-state index in [1.165, 1.54) is 0 Å². The van der Waals surface area contributed by atoms with Crippen LogP contribution in [0.25, 0.3) is 0 Å². The summed E-state index contributed by atoms with van der Waals surface area (Å²) in [5.41, 5.74) is 0.843. The number of halogens is 2. The Hall–Kier alpha value is -0.340. The van der Waals surface area contributed by atoms with Gasteiger partial charge in [0.25, 0.3) is 0 Å². The summed E-state index contributed by atoms with van der Waals surface area (Å²) in [6.07, 6.45) is 0. The fourth-order valence-corrected chi connectivity index (χ4v) is 3.52. The number of nitrogens with one attached hydrogen (secondary N) is 2. The van der Waals surface area contributed by atoms with Gasteiger partial charge in [-0.25, -0.2) is 13.1 Å². The molecule has 2 N–H and O–H groups in total. The van der Waals surface area contributed by atoms with Crippen LogP contribution in [0, 0.1) is 0 Å². The predicted octanol–water partition coefficient (Wildman–Crippen LogP) is 1.82. The zero-order valence-corrected chi connectivity index (χ0v) is 15.0. The summed E-state index contributed by atoms with van der Waals surface area (Å²) >= 11 is 3.28. The molecule has 5 nitrogen and oxygen atoms in total. The lowest BCUT2D eigenvalue weighted by Gasteiger charge is -2.15. The van der Waals surface area contributed by atoms with Gasteiger partial charge in [0.05, 0.1) is 4.90 Å². The van der Waals surface area contributed by atoms with E-state index in [-0.39, 0.29) is 17.3 Å². The second-order valence-corrected chi connectivity index (χ2v) is 6.85. The van der Waals surface area contributed by atoms with Crippen molar-refractivity contribution in [2.24, 2.45) is 0 Å². The van der Waals surface area contributed by atoms with Crippen LogP contribution in [0.2, 0.25) is 0 Å². The van der Waals surface area contributed by atoms with Crippen molar-refractivity contribution < 1.29 is 8.42 Å². The molecule has 0 unspecified atom stereocenters. The second-order valence-electron chi connectivity index (χ2n) is 4.26. The van der Waals surface area contributed by atoms with Crippen molar-refractivity contribution in [1.82, 2.24) is 10.0 Å². The van der Waals surface area contributed by atoms with Gasteiger partial charge in [-0.15, -0.1) is 12.4 Å². The number of likely N-dealkylation sites (N-methyl/N-ethyl adjacent to an activating group) is 1. The van der Waals surface area contributed by atoms with Crippen LogP contribution >= 0.6 is 28.3 Å². The molecule has 0 saturated carbocycles. The van der Waals surface area contributed by atoms with Crippen LogP contribution in [0.3, 0.4) is 0 Å². The summed E-state index contributed by atoms with van der Waals surface area (Å²) in [5, 5.41) is 3.07. The first-order valence-corrected chi connectivity index (χ1v) is 8.33. The number of nitrogens with zero attached hydrogens (tertiary/aromatic N) is 1. The Labute approximate surface area is 135 Å². The van der Waals surface area contributed by atoms with Crippen molar-refractivity contribution in [3.8, 4) is 0 Å². The molecule has 0 radical (unpaired) electrons. The minimum Gasteiger partial charge on any atom is -0.378 e. The fourth-order valence-electron chi connectivity index (χ4n) is 1.50. The third-order valence-electron chi connectivity index (χ3n) is 2.56. The average molecular weight is 387 g/mol. The Morgan fingerprint density at radius 1 is 1.25 bits per heavy atom. The number of anilines is 1. The lowest BCUT2D eigenvalue weighted by Crippen LogP contribution is -2.32. The number of hydrogen-bond acceptors (Lipinski definition) is 4. The number of benzene rings is 1. The molecule has 1 aromatic carbocycles. The maximum absolute atomic E-state index is 12.2. The molecular weight excluding hydrogens is 366 g/mol. The van der Waals surface area contributed by atoms with E-state index in [9.17, 15) is 8.42 Å². The normalized spacial score (nSPS) is 11.0. The Kier molecular flexibility index (Phi) is 8.69. The minimum atomic E-state index is -3.49. The van der Waals surface area contributed by atoms with Crippen molar-refractivity contribution >= 4 is 44.0 Å². The summed E-state index contributed by atoms with van der Waals surface area (Å²) in [6.45, 7) is 3.78. The molecule has 0 heterocycles. The summed E-state index contributed by atoms with van der Waals surface area (Å²) in [7, 11) is 0.256. The third-order valence-corrected chi connectivity index (χ3v) is 5.02. The molecule has 0 bridgehead atoms. The Morgan fingerprint density at radius 2 is 1.90 bits per heavy atom. The van der Waals surface area contributed by atoms with Crippen LogP contribution < -0.4 is 14.9 Å². The first kappa shape index (κ1) is 19.7. The van der Waals surface area contributed by atoms with Crippen molar-refractivity contribution in [3.05, 3.63) is 22.7 Å². The molecular formula is C12H21BrClN3O2S. The molecule has 0 amide bonds. The topological polar surface area (TPSA) is 61.4 Å². The van der Waals surface area contributed by atoms with Gasteiger partial charge >= 0.3 is 0 Å². The molecule has 116 valence electrons. The van der Waals surface area contributed by atoms with E-state index in [1.807, 2.05) is 32.0 Å². The first-order chi connectivity index (χ1) is 8.88. The summed E-state index contributed by atoms with van der Waals surface area (Å²) in [4.78, 5) is 2.12. The molecule has 0 aliphatic carbocycles. The van der Waals surface area contributed by atoms with Gasteiger partial charge in [-0.3, -0.25) is 0 Å². The largest absolute Gasteiger partial charge is 0.378 e. The molecule has 0 aliphatic heterocycles. The van der Waals surface area contributed by atoms with Crippen LogP contribution in [0.15, 0.2) is 27.6 Å². The van der Waals surface area contributed by atoms with Gasteiger partial charge in [0.1, 0.15) is 0 Å². The molecule has 0 atom stereocenters. The smallest absolute Gasteiger partial charge is 0.241 e. The summed E-state index contributed by atoms with van der Waals surface area (Å²) in [5.74, 6) is 0. The van der Waals surface area contributed by atoms with Gasteiger partial charge in [0.2, 0.25) is 10.0 Å². The van der Waals surface area contributed by atoms with Gasteiger partial charge in [-0.2, -0.15) is 0 Å². The fraction of sp³-hybridized carbons (Fsp3) is 0.500. The number of rotatable bonds is 7. The maximum Gasteiger partial charge on any atom is 0.241 e. The highest BCUT2D eigenvalue weighted by Gasteiger charge is 2.18. The van der Waals surface area contributed by atoms with E-state index in [0.29, 0.717) is 17.6 Å². The van der Waals surface area contributed by atoms with Crippen LogP contribution in [0.5, 0.6) is 0 Å². The minimum absolute atomic E-state index is 0. The molecule has 1 aromatic rings. The second kappa shape index (κ2) is 8.84. The monoisotopic (exact) mass is 385 g/mol. The molecule has 0 fully saturated rings. The lowest BCUT2D eigenvalue weighted by atomic mass is 10.3. The molecule has 0 aromatic heterocycles. The van der Waals surface area contributed by atoms with Crippen LogP contribution in [-0.4, -0.2) is 42.1 Å². The molecule has 0 saturated heterocycles. The predicted molar refractivity (Wildman–Crippen MR) is 89.4 cm³/mol. The third kappa shape index (κ3) is 5.57. The Morgan fingerprint density at radius 3 is 2.45 bits per heavy atom. The molecule has 1 rings (SSSR count). The van der Waals surface area contributed by atoms with E-state index in [2.05, 4.69) is 26.0 Å². The highest BCUT2D eigenvalue weighted by atomic mass is 79.9. The Balaban J connectivity index is 0.00000361.